The van der Waals surface area contributed by atoms with Crippen LogP contribution in [-0.4, -0.2) is 43.5 Å². The zero-order valence-electron chi connectivity index (χ0n) is 14.2. The first-order valence-corrected chi connectivity index (χ1v) is 9.52. The van der Waals surface area contributed by atoms with E-state index in [-0.39, 0.29) is 25.4 Å². The Labute approximate surface area is 147 Å². The number of methoxy groups -OCH3 is 1. The minimum atomic E-state index is -3.44. The van der Waals surface area contributed by atoms with Crippen molar-refractivity contribution in [2.45, 2.75) is 13.0 Å². The van der Waals surface area contributed by atoms with Crippen molar-refractivity contribution in [2.75, 3.05) is 25.2 Å². The molecule has 1 amide bonds. The number of carbonyl (C=O) groups is 1. The lowest BCUT2D eigenvalue weighted by molar-refractivity contribution is -0.116. The minimum absolute atomic E-state index is 0.0331. The third kappa shape index (κ3) is 5.84. The molecule has 0 atom stereocenters. The standard InChI is InChI=1S/C17H21N3O4S/c1-24-16-8-4-3-7-15(16)19-17(21)9-11-20(25(2,22)23)13-14-6-5-10-18-12-14/h3-8,10,12H,9,11,13H2,1-2H3,(H,19,21). The third-order valence-electron chi connectivity index (χ3n) is 3.52. The van der Waals surface area contributed by atoms with Gasteiger partial charge in [0.05, 0.1) is 19.1 Å². The Morgan fingerprint density at radius 2 is 2.00 bits per heavy atom. The quantitative estimate of drug-likeness (QED) is 0.774. The number of ether oxygens (including phenoxy) is 1. The second kappa shape index (κ2) is 8.59. The number of anilines is 1. The Hall–Kier alpha value is -2.45. The normalized spacial score (nSPS) is 11.3. The summed E-state index contributed by atoms with van der Waals surface area (Å²) in [6, 6.07) is 10.6. The molecule has 0 radical (unpaired) electrons. The van der Waals surface area contributed by atoms with E-state index in [2.05, 4.69) is 10.3 Å². The molecular weight excluding hydrogens is 342 g/mol. The van der Waals surface area contributed by atoms with Gasteiger partial charge in [0.15, 0.2) is 0 Å². The first-order valence-electron chi connectivity index (χ1n) is 7.67. The van der Waals surface area contributed by atoms with Crippen molar-refractivity contribution in [1.82, 2.24) is 9.29 Å². The molecule has 0 saturated carbocycles. The summed E-state index contributed by atoms with van der Waals surface area (Å²) in [7, 11) is -1.93. The van der Waals surface area contributed by atoms with Gasteiger partial charge in [-0.05, 0) is 23.8 Å². The molecule has 0 bridgehead atoms. The second-order valence-electron chi connectivity index (χ2n) is 5.46. The number of nitrogens with zero attached hydrogens (tertiary/aromatic N) is 2. The monoisotopic (exact) mass is 363 g/mol. The number of rotatable bonds is 8. The van der Waals surface area contributed by atoms with Crippen LogP contribution in [0.1, 0.15) is 12.0 Å². The van der Waals surface area contributed by atoms with Gasteiger partial charge in [0.1, 0.15) is 5.75 Å². The van der Waals surface area contributed by atoms with Crippen molar-refractivity contribution < 1.29 is 17.9 Å². The number of hydrogen-bond acceptors (Lipinski definition) is 5. The Balaban J connectivity index is 1.99. The Kier molecular flexibility index (Phi) is 6.49. The van der Waals surface area contributed by atoms with Crippen LogP contribution in [0.3, 0.4) is 0 Å². The maximum Gasteiger partial charge on any atom is 0.225 e. The van der Waals surface area contributed by atoms with E-state index >= 15 is 0 Å². The molecule has 7 nitrogen and oxygen atoms in total. The zero-order valence-corrected chi connectivity index (χ0v) is 15.0. The van der Waals surface area contributed by atoms with Gasteiger partial charge in [-0.15, -0.1) is 0 Å². The average molecular weight is 363 g/mol. The number of sulfonamides is 1. The van der Waals surface area contributed by atoms with E-state index < -0.39 is 10.0 Å². The van der Waals surface area contributed by atoms with Gasteiger partial charge in [0.2, 0.25) is 15.9 Å². The van der Waals surface area contributed by atoms with Gasteiger partial charge in [-0.1, -0.05) is 18.2 Å². The van der Waals surface area contributed by atoms with Gasteiger partial charge in [-0.3, -0.25) is 9.78 Å². The summed E-state index contributed by atoms with van der Waals surface area (Å²) in [5.41, 5.74) is 1.31. The highest BCUT2D eigenvalue weighted by molar-refractivity contribution is 7.88. The first-order chi connectivity index (χ1) is 11.9. The fourth-order valence-electron chi connectivity index (χ4n) is 2.24. The third-order valence-corrected chi connectivity index (χ3v) is 4.77. The SMILES string of the molecule is COc1ccccc1NC(=O)CCN(Cc1cccnc1)S(C)(=O)=O. The first kappa shape index (κ1) is 18.9. The summed E-state index contributed by atoms with van der Waals surface area (Å²) >= 11 is 0. The lowest BCUT2D eigenvalue weighted by Gasteiger charge is -2.19. The summed E-state index contributed by atoms with van der Waals surface area (Å²) in [6.07, 6.45) is 4.38. The molecule has 8 heteroatoms. The molecule has 2 rings (SSSR count). The van der Waals surface area contributed by atoms with Crippen molar-refractivity contribution in [1.29, 1.82) is 0 Å². The minimum Gasteiger partial charge on any atom is -0.495 e. The largest absolute Gasteiger partial charge is 0.495 e. The lowest BCUT2D eigenvalue weighted by atomic mass is 10.2. The molecule has 0 saturated heterocycles. The number of nitrogens with one attached hydrogen (secondary N) is 1. The van der Waals surface area contributed by atoms with Gasteiger partial charge in [-0.25, -0.2) is 8.42 Å². The van der Waals surface area contributed by atoms with Crippen LogP contribution in [0.15, 0.2) is 48.8 Å². The molecule has 0 aliphatic heterocycles. The van der Waals surface area contributed by atoms with E-state index in [1.165, 1.54) is 11.4 Å². The highest BCUT2D eigenvalue weighted by Crippen LogP contribution is 2.23. The summed E-state index contributed by atoms with van der Waals surface area (Å²) in [5.74, 6) is 0.260. The van der Waals surface area contributed by atoms with E-state index in [0.717, 1.165) is 11.8 Å². The van der Waals surface area contributed by atoms with Gasteiger partial charge in [-0.2, -0.15) is 4.31 Å². The van der Waals surface area contributed by atoms with Crippen LogP contribution >= 0.6 is 0 Å². The molecule has 25 heavy (non-hydrogen) atoms. The van der Waals surface area contributed by atoms with Crippen LogP contribution in [0, 0.1) is 0 Å². The number of amides is 1. The number of hydrogen-bond donors (Lipinski definition) is 1. The van der Waals surface area contributed by atoms with Crippen molar-refractivity contribution in [3.05, 3.63) is 54.4 Å². The van der Waals surface area contributed by atoms with Crippen LogP contribution < -0.4 is 10.1 Å². The van der Waals surface area contributed by atoms with Crippen LogP contribution in [0.25, 0.3) is 0 Å². The molecule has 1 heterocycles. The number of aromatic nitrogens is 1. The van der Waals surface area contributed by atoms with Gasteiger partial charge in [0, 0.05) is 31.9 Å². The van der Waals surface area contributed by atoms with Crippen LogP contribution in [0.4, 0.5) is 5.69 Å². The molecule has 134 valence electrons. The van der Waals surface area contributed by atoms with Crippen LogP contribution in [0.5, 0.6) is 5.75 Å². The van der Waals surface area contributed by atoms with Gasteiger partial charge >= 0.3 is 0 Å². The molecule has 1 aromatic carbocycles. The van der Waals surface area contributed by atoms with Gasteiger partial charge in [0.25, 0.3) is 0 Å². The molecule has 1 N–H and O–H groups in total. The maximum absolute atomic E-state index is 12.2. The van der Waals surface area contributed by atoms with E-state index in [1.54, 1.807) is 48.8 Å². The van der Waals surface area contributed by atoms with E-state index in [0.29, 0.717) is 11.4 Å². The zero-order chi connectivity index (χ0) is 18.3. The maximum atomic E-state index is 12.2. The topological polar surface area (TPSA) is 88.6 Å². The highest BCUT2D eigenvalue weighted by atomic mass is 32.2. The molecule has 2 aromatic rings. The van der Waals surface area contributed by atoms with Crippen molar-refractivity contribution >= 4 is 21.6 Å². The molecular formula is C17H21N3O4S. The highest BCUT2D eigenvalue weighted by Gasteiger charge is 2.18. The molecule has 0 aliphatic carbocycles. The molecule has 0 unspecified atom stereocenters. The van der Waals surface area contributed by atoms with Gasteiger partial charge < -0.3 is 10.1 Å². The van der Waals surface area contributed by atoms with E-state index in [1.807, 2.05) is 0 Å². The van der Waals surface area contributed by atoms with E-state index in [9.17, 15) is 13.2 Å². The fourth-order valence-corrected chi connectivity index (χ4v) is 3.05. The predicted octanol–water partition coefficient (Wildman–Crippen LogP) is 1.88. The molecule has 0 aliphatic rings. The summed E-state index contributed by atoms with van der Waals surface area (Å²) < 4.78 is 30.4. The molecule has 1 aromatic heterocycles. The number of carbonyl (C=O) groups excluding carboxylic acids is 1. The average Bonchev–Trinajstić information content (AvgIpc) is 2.59. The Morgan fingerprint density at radius 1 is 1.24 bits per heavy atom. The number of benzene rings is 1. The van der Waals surface area contributed by atoms with Crippen molar-refractivity contribution in [3.63, 3.8) is 0 Å². The van der Waals surface area contributed by atoms with E-state index in [4.69, 9.17) is 4.74 Å². The summed E-state index contributed by atoms with van der Waals surface area (Å²) in [5, 5.41) is 2.73. The second-order valence-corrected chi connectivity index (χ2v) is 7.44. The van der Waals surface area contributed by atoms with Crippen LogP contribution in [0.2, 0.25) is 0 Å². The Morgan fingerprint density at radius 3 is 2.64 bits per heavy atom. The number of pyridine rings is 1. The fraction of sp³-hybridized carbons (Fsp3) is 0.294. The number of para-hydroxylation sites is 2. The Bertz CT molecular complexity index is 810. The summed E-state index contributed by atoms with van der Waals surface area (Å²) in [4.78, 5) is 16.1. The molecule has 0 fully saturated rings. The smallest absolute Gasteiger partial charge is 0.225 e. The van der Waals surface area contributed by atoms with Crippen molar-refractivity contribution in [3.8, 4) is 5.75 Å². The van der Waals surface area contributed by atoms with Crippen LogP contribution in [-0.2, 0) is 21.4 Å². The lowest BCUT2D eigenvalue weighted by Crippen LogP contribution is -2.32. The summed E-state index contributed by atoms with van der Waals surface area (Å²) in [6.45, 7) is 0.253. The predicted molar refractivity (Wildman–Crippen MR) is 95.7 cm³/mol. The molecule has 0 spiro atoms. The van der Waals surface area contributed by atoms with Crippen molar-refractivity contribution in [2.24, 2.45) is 0 Å².